The third kappa shape index (κ3) is 3.05. The van der Waals surface area contributed by atoms with Gasteiger partial charge in [0.25, 0.3) is 0 Å². The van der Waals surface area contributed by atoms with E-state index in [9.17, 15) is 14.3 Å². The molecule has 4 rings (SSSR count). The fourth-order valence-corrected chi connectivity index (χ4v) is 3.55. The summed E-state index contributed by atoms with van der Waals surface area (Å²) in [4.78, 5) is 23.3. The number of nitrogens with zero attached hydrogens (tertiary/aromatic N) is 3. The van der Waals surface area contributed by atoms with Crippen molar-refractivity contribution in [1.29, 1.82) is 0 Å². The Morgan fingerprint density at radius 1 is 1.26 bits per heavy atom. The first-order chi connectivity index (χ1) is 13.1. The van der Waals surface area contributed by atoms with Crippen LogP contribution in [0.15, 0.2) is 42.5 Å². The summed E-state index contributed by atoms with van der Waals surface area (Å²) >= 11 is 0. The smallest absolute Gasteiger partial charge is 0.242 e. The minimum Gasteiger partial charge on any atom is -0.507 e. The average molecular weight is 366 g/mol. The second-order valence-electron chi connectivity index (χ2n) is 6.52. The first-order valence-corrected chi connectivity index (χ1v) is 8.82. The Labute approximate surface area is 155 Å². The highest BCUT2D eigenvalue weighted by molar-refractivity contribution is 5.94. The molecule has 0 radical (unpaired) electrons. The van der Waals surface area contributed by atoms with Gasteiger partial charge in [0.2, 0.25) is 5.91 Å². The van der Waals surface area contributed by atoms with E-state index >= 15 is 0 Å². The lowest BCUT2D eigenvalue weighted by atomic mass is 10.1. The largest absolute Gasteiger partial charge is 0.507 e. The summed E-state index contributed by atoms with van der Waals surface area (Å²) in [6, 6.07) is 10.7. The number of fused-ring (bicyclic) bond motifs is 1. The van der Waals surface area contributed by atoms with E-state index in [-0.39, 0.29) is 17.7 Å². The Morgan fingerprint density at radius 2 is 2.07 bits per heavy atom. The van der Waals surface area contributed by atoms with Crippen molar-refractivity contribution >= 4 is 22.6 Å². The third-order valence-corrected chi connectivity index (χ3v) is 4.86. The molecule has 1 atom stereocenters. The van der Waals surface area contributed by atoms with Crippen molar-refractivity contribution < 1.29 is 14.3 Å². The van der Waals surface area contributed by atoms with Gasteiger partial charge in [-0.15, -0.1) is 0 Å². The van der Waals surface area contributed by atoms with Crippen LogP contribution in [0.4, 0.5) is 10.2 Å². The van der Waals surface area contributed by atoms with E-state index in [1.807, 2.05) is 4.90 Å². The lowest BCUT2D eigenvalue weighted by Crippen LogP contribution is -2.42. The molecule has 2 aromatic carbocycles. The van der Waals surface area contributed by atoms with Crippen molar-refractivity contribution in [3.05, 3.63) is 48.3 Å². The number of phenolic OH excluding ortho intramolecular Hbond substituents is 1. The van der Waals surface area contributed by atoms with Crippen molar-refractivity contribution in [1.82, 2.24) is 15.3 Å². The first-order valence-electron chi connectivity index (χ1n) is 8.82. The number of hydrogen-bond acceptors (Lipinski definition) is 5. The number of anilines is 1. The zero-order valence-corrected chi connectivity index (χ0v) is 14.8. The number of likely N-dealkylation sites (N-methyl/N-ethyl adjacent to an activating group) is 1. The van der Waals surface area contributed by atoms with E-state index in [4.69, 9.17) is 0 Å². The molecule has 138 valence electrons. The molecule has 1 aliphatic heterocycles. The molecule has 0 saturated carbocycles. The van der Waals surface area contributed by atoms with Crippen LogP contribution in [0.5, 0.6) is 5.75 Å². The van der Waals surface area contributed by atoms with Gasteiger partial charge in [0.15, 0.2) is 5.82 Å². The summed E-state index contributed by atoms with van der Waals surface area (Å²) in [6.07, 6.45) is 1.54. The van der Waals surface area contributed by atoms with Crippen LogP contribution in [0.3, 0.4) is 0 Å². The summed E-state index contributed by atoms with van der Waals surface area (Å²) in [5, 5.41) is 13.4. The Morgan fingerprint density at radius 3 is 2.85 bits per heavy atom. The highest BCUT2D eigenvalue weighted by atomic mass is 19.1. The molecule has 1 aromatic heterocycles. The first kappa shape index (κ1) is 17.2. The number of rotatable bonds is 3. The predicted molar refractivity (Wildman–Crippen MR) is 101 cm³/mol. The molecule has 0 aliphatic carbocycles. The zero-order chi connectivity index (χ0) is 19.0. The minimum atomic E-state index is -0.390. The molecular weight excluding hydrogens is 347 g/mol. The second kappa shape index (κ2) is 6.83. The zero-order valence-electron chi connectivity index (χ0n) is 14.8. The highest BCUT2D eigenvalue weighted by Crippen LogP contribution is 2.34. The van der Waals surface area contributed by atoms with Gasteiger partial charge in [-0.25, -0.2) is 14.4 Å². The highest BCUT2D eigenvalue weighted by Gasteiger charge is 2.32. The maximum absolute atomic E-state index is 13.9. The number of hydrogen-bond donors (Lipinski definition) is 2. The number of carbonyl (C=O) groups excluding carboxylic acids is 1. The second-order valence-corrected chi connectivity index (χ2v) is 6.52. The van der Waals surface area contributed by atoms with E-state index in [1.165, 1.54) is 12.1 Å². The number of amides is 1. The number of halogens is 1. The van der Waals surface area contributed by atoms with Crippen molar-refractivity contribution in [2.24, 2.45) is 0 Å². The molecule has 2 heterocycles. The van der Waals surface area contributed by atoms with Gasteiger partial charge in [-0.3, -0.25) is 4.79 Å². The van der Waals surface area contributed by atoms with Gasteiger partial charge in [0.1, 0.15) is 23.4 Å². The predicted octanol–water partition coefficient (Wildman–Crippen LogP) is 2.86. The van der Waals surface area contributed by atoms with Gasteiger partial charge in [-0.05, 0) is 43.2 Å². The number of aromatic nitrogens is 2. The van der Waals surface area contributed by atoms with Crippen LogP contribution in [-0.2, 0) is 4.79 Å². The molecular formula is C20H19FN4O2. The van der Waals surface area contributed by atoms with Gasteiger partial charge >= 0.3 is 0 Å². The van der Waals surface area contributed by atoms with E-state index < -0.39 is 5.82 Å². The molecule has 6 nitrogen and oxygen atoms in total. The van der Waals surface area contributed by atoms with E-state index in [2.05, 4.69) is 15.3 Å². The molecule has 2 N–H and O–H groups in total. The number of benzene rings is 2. The number of phenols is 1. The third-order valence-electron chi connectivity index (χ3n) is 4.86. The summed E-state index contributed by atoms with van der Waals surface area (Å²) < 4.78 is 13.9. The standard InChI is InChI=1S/C20H19FN4O2/c1-22-20(27)16-6-4-10-25(16)19-14-11-12(21)8-9-15(14)23-18(24-19)13-5-2-3-7-17(13)26/h2-3,5,7-9,11,16,26H,4,6,10H2,1H3,(H,22,27). The molecule has 1 amide bonds. The number of nitrogens with one attached hydrogen (secondary N) is 1. The van der Waals surface area contributed by atoms with Gasteiger partial charge < -0.3 is 15.3 Å². The Balaban J connectivity index is 1.93. The monoisotopic (exact) mass is 366 g/mol. The maximum atomic E-state index is 13.9. The van der Waals surface area contributed by atoms with Crippen LogP contribution in [0.1, 0.15) is 12.8 Å². The molecule has 1 fully saturated rings. The molecule has 3 aromatic rings. The van der Waals surface area contributed by atoms with Gasteiger partial charge in [-0.2, -0.15) is 0 Å². The van der Waals surface area contributed by atoms with Crippen molar-refractivity contribution in [3.63, 3.8) is 0 Å². The lowest BCUT2D eigenvalue weighted by molar-refractivity contribution is -0.121. The summed E-state index contributed by atoms with van der Waals surface area (Å²) in [6.45, 7) is 0.640. The Kier molecular flexibility index (Phi) is 4.35. The van der Waals surface area contributed by atoms with Crippen LogP contribution < -0.4 is 10.2 Å². The van der Waals surface area contributed by atoms with Crippen LogP contribution in [-0.4, -0.2) is 40.6 Å². The van der Waals surface area contributed by atoms with Crippen molar-refractivity contribution in [2.45, 2.75) is 18.9 Å². The Hall–Kier alpha value is -3.22. The van der Waals surface area contributed by atoms with Crippen molar-refractivity contribution in [2.75, 3.05) is 18.5 Å². The summed E-state index contributed by atoms with van der Waals surface area (Å²) in [5.41, 5.74) is 1.04. The van der Waals surface area contributed by atoms with E-state index in [0.717, 1.165) is 6.42 Å². The van der Waals surface area contributed by atoms with Crippen molar-refractivity contribution in [3.8, 4) is 17.1 Å². The lowest BCUT2D eigenvalue weighted by Gasteiger charge is -2.26. The number of para-hydroxylation sites is 1. The molecule has 1 unspecified atom stereocenters. The van der Waals surface area contributed by atoms with E-state index in [1.54, 1.807) is 37.4 Å². The molecule has 7 heteroatoms. The SMILES string of the molecule is CNC(=O)C1CCCN1c1nc(-c2ccccc2O)nc2ccc(F)cc12. The summed E-state index contributed by atoms with van der Waals surface area (Å²) in [5.74, 6) is 0.418. The minimum absolute atomic E-state index is 0.0641. The van der Waals surface area contributed by atoms with Crippen LogP contribution >= 0.6 is 0 Å². The van der Waals surface area contributed by atoms with Gasteiger partial charge in [0, 0.05) is 19.0 Å². The Bertz CT molecular complexity index is 1020. The fourth-order valence-electron chi connectivity index (χ4n) is 3.55. The van der Waals surface area contributed by atoms with Crippen LogP contribution in [0.25, 0.3) is 22.3 Å². The average Bonchev–Trinajstić information content (AvgIpc) is 3.16. The van der Waals surface area contributed by atoms with Crippen LogP contribution in [0.2, 0.25) is 0 Å². The molecule has 0 bridgehead atoms. The van der Waals surface area contributed by atoms with Crippen LogP contribution in [0, 0.1) is 5.82 Å². The summed E-state index contributed by atoms with van der Waals surface area (Å²) in [7, 11) is 1.60. The number of aromatic hydroxyl groups is 1. The molecule has 1 saturated heterocycles. The fraction of sp³-hybridized carbons (Fsp3) is 0.250. The van der Waals surface area contributed by atoms with Gasteiger partial charge in [-0.1, -0.05) is 12.1 Å². The maximum Gasteiger partial charge on any atom is 0.242 e. The molecule has 1 aliphatic rings. The normalized spacial score (nSPS) is 16.7. The van der Waals surface area contributed by atoms with Gasteiger partial charge in [0.05, 0.1) is 11.1 Å². The molecule has 27 heavy (non-hydrogen) atoms. The number of carbonyl (C=O) groups is 1. The topological polar surface area (TPSA) is 78.4 Å². The van der Waals surface area contributed by atoms with E-state index in [0.29, 0.717) is 41.1 Å². The quantitative estimate of drug-likeness (QED) is 0.745. The molecule has 0 spiro atoms.